The number of nitrogens with zero attached hydrogens (tertiary/aromatic N) is 1. The highest BCUT2D eigenvalue weighted by molar-refractivity contribution is 9.10. The van der Waals surface area contributed by atoms with Crippen LogP contribution in [0.2, 0.25) is 5.02 Å². The third-order valence-corrected chi connectivity index (χ3v) is 3.82. The number of hydrogen-bond donors (Lipinski definition) is 1. The van der Waals surface area contributed by atoms with Gasteiger partial charge in [-0.15, -0.1) is 0 Å². The number of rotatable bonds is 3. The fourth-order valence-corrected chi connectivity index (χ4v) is 2.20. The molecule has 0 saturated heterocycles. The molecule has 2 nitrogen and oxygen atoms in total. The lowest BCUT2D eigenvalue weighted by molar-refractivity contribution is 0.689. The first kappa shape index (κ1) is 12.6. The normalized spacial score (nSPS) is 12.4. The van der Waals surface area contributed by atoms with E-state index in [1.165, 1.54) is 0 Å². The molecule has 0 saturated carbocycles. The molecule has 1 aromatic carbocycles. The lowest BCUT2D eigenvalue weighted by Crippen LogP contribution is -2.17. The average molecular weight is 312 g/mol. The molecule has 4 heteroatoms. The Morgan fingerprint density at radius 1 is 1.29 bits per heavy atom. The van der Waals surface area contributed by atoms with Crippen LogP contribution in [-0.2, 0) is 0 Å². The Labute approximate surface area is 114 Å². The van der Waals surface area contributed by atoms with Crippen LogP contribution in [0.4, 0.5) is 0 Å². The summed E-state index contributed by atoms with van der Waals surface area (Å²) >= 11 is 9.50. The summed E-state index contributed by atoms with van der Waals surface area (Å²) < 4.78 is 0.906. The first-order chi connectivity index (χ1) is 8.22. The zero-order valence-electron chi connectivity index (χ0n) is 9.32. The van der Waals surface area contributed by atoms with Gasteiger partial charge >= 0.3 is 0 Å². The molecule has 1 unspecified atom stereocenters. The van der Waals surface area contributed by atoms with Crippen LogP contribution in [-0.4, -0.2) is 12.0 Å². The number of nitrogens with one attached hydrogen (secondary N) is 1. The third kappa shape index (κ3) is 2.86. The van der Waals surface area contributed by atoms with Crippen LogP contribution < -0.4 is 5.32 Å². The molecule has 0 fully saturated rings. The number of pyridine rings is 1. The predicted molar refractivity (Wildman–Crippen MR) is 74.3 cm³/mol. The maximum Gasteiger partial charge on any atom is 0.0590 e. The van der Waals surface area contributed by atoms with E-state index in [0.717, 1.165) is 15.6 Å². The topological polar surface area (TPSA) is 24.9 Å². The van der Waals surface area contributed by atoms with Crippen LogP contribution in [0.5, 0.6) is 0 Å². The van der Waals surface area contributed by atoms with Crippen LogP contribution in [0.3, 0.4) is 0 Å². The van der Waals surface area contributed by atoms with Crippen molar-refractivity contribution >= 4 is 27.5 Å². The molecule has 0 aliphatic rings. The molecule has 0 aliphatic heterocycles. The number of hydrogen-bond acceptors (Lipinski definition) is 2. The molecule has 0 aliphatic carbocycles. The van der Waals surface area contributed by atoms with E-state index in [2.05, 4.69) is 26.2 Å². The Hall–Kier alpha value is -0.900. The van der Waals surface area contributed by atoms with Gasteiger partial charge in [0.1, 0.15) is 0 Å². The van der Waals surface area contributed by atoms with Gasteiger partial charge in [0, 0.05) is 16.9 Å². The highest BCUT2D eigenvalue weighted by Gasteiger charge is 2.12. The lowest BCUT2D eigenvalue weighted by atomic mass is 10.0. The largest absolute Gasteiger partial charge is 0.309 e. The number of halogens is 2. The van der Waals surface area contributed by atoms with E-state index in [-0.39, 0.29) is 6.04 Å². The first-order valence-corrected chi connectivity index (χ1v) is 6.41. The lowest BCUT2D eigenvalue weighted by Gasteiger charge is -2.17. The summed E-state index contributed by atoms with van der Waals surface area (Å²) in [5.41, 5.74) is 2.24. The molecule has 1 atom stereocenters. The van der Waals surface area contributed by atoms with E-state index < -0.39 is 0 Å². The number of aromatic nitrogens is 1. The minimum Gasteiger partial charge on any atom is -0.309 e. The predicted octanol–water partition coefficient (Wildman–Crippen LogP) is 3.81. The average Bonchev–Trinajstić information content (AvgIpc) is 2.36. The van der Waals surface area contributed by atoms with Gasteiger partial charge in [-0.3, -0.25) is 4.98 Å². The maximum absolute atomic E-state index is 6.11. The molecule has 88 valence electrons. The maximum atomic E-state index is 6.11. The molecule has 0 spiro atoms. The van der Waals surface area contributed by atoms with Gasteiger partial charge < -0.3 is 5.32 Å². The van der Waals surface area contributed by atoms with Gasteiger partial charge in [0.05, 0.1) is 11.1 Å². The van der Waals surface area contributed by atoms with E-state index in [1.54, 1.807) is 6.20 Å². The highest BCUT2D eigenvalue weighted by atomic mass is 79.9. The van der Waals surface area contributed by atoms with Gasteiger partial charge in [-0.05, 0) is 52.3 Å². The van der Waals surface area contributed by atoms with Gasteiger partial charge in [0.15, 0.2) is 0 Å². The van der Waals surface area contributed by atoms with Crippen LogP contribution in [0.1, 0.15) is 17.2 Å². The Balaban J connectivity index is 2.39. The molecule has 0 amide bonds. The molecule has 2 aromatic rings. The summed E-state index contributed by atoms with van der Waals surface area (Å²) in [5.74, 6) is 0. The monoisotopic (exact) mass is 310 g/mol. The van der Waals surface area contributed by atoms with Crippen molar-refractivity contribution in [3.05, 3.63) is 63.3 Å². The van der Waals surface area contributed by atoms with Gasteiger partial charge in [0.25, 0.3) is 0 Å². The van der Waals surface area contributed by atoms with Gasteiger partial charge in [-0.25, -0.2) is 0 Å². The second-order valence-electron chi connectivity index (χ2n) is 3.68. The summed E-state index contributed by atoms with van der Waals surface area (Å²) in [6, 6.07) is 10.0. The fraction of sp³-hybridized carbons (Fsp3) is 0.154. The summed E-state index contributed by atoms with van der Waals surface area (Å²) in [6.45, 7) is 0. The molecule has 1 aromatic heterocycles. The molecular formula is C13H12BrClN2. The second-order valence-corrected chi connectivity index (χ2v) is 4.94. The quantitative estimate of drug-likeness (QED) is 0.932. The molecule has 17 heavy (non-hydrogen) atoms. The molecular weight excluding hydrogens is 300 g/mol. The van der Waals surface area contributed by atoms with Crippen molar-refractivity contribution in [2.45, 2.75) is 6.04 Å². The first-order valence-electron chi connectivity index (χ1n) is 5.24. The van der Waals surface area contributed by atoms with E-state index >= 15 is 0 Å². The van der Waals surface area contributed by atoms with Crippen LogP contribution in [0.15, 0.2) is 47.2 Å². The minimum absolute atomic E-state index is 0.106. The van der Waals surface area contributed by atoms with Crippen LogP contribution in [0.25, 0.3) is 0 Å². The molecule has 2 rings (SSSR count). The minimum atomic E-state index is 0.106. The zero-order valence-corrected chi connectivity index (χ0v) is 11.7. The van der Waals surface area contributed by atoms with Gasteiger partial charge in [0.2, 0.25) is 0 Å². The fourth-order valence-electron chi connectivity index (χ4n) is 1.76. The van der Waals surface area contributed by atoms with Gasteiger partial charge in [-0.1, -0.05) is 23.7 Å². The van der Waals surface area contributed by atoms with E-state index in [0.29, 0.717) is 5.02 Å². The van der Waals surface area contributed by atoms with E-state index in [4.69, 9.17) is 11.6 Å². The SMILES string of the molecule is CNC(c1cccnc1)c1ccc(Br)c(Cl)c1. The zero-order chi connectivity index (χ0) is 12.3. The second kappa shape index (κ2) is 5.63. The standard InChI is InChI=1S/C13H12BrClN2/c1-16-13(10-3-2-6-17-8-10)9-4-5-11(14)12(15)7-9/h2-8,13,16H,1H3. The van der Waals surface area contributed by atoms with Crippen molar-refractivity contribution in [2.75, 3.05) is 7.05 Å². The Bertz CT molecular complexity index is 502. The summed E-state index contributed by atoms with van der Waals surface area (Å²) in [5, 5.41) is 3.98. The van der Waals surface area contributed by atoms with Crippen molar-refractivity contribution in [3.8, 4) is 0 Å². The van der Waals surface area contributed by atoms with Crippen LogP contribution in [0, 0.1) is 0 Å². The summed E-state index contributed by atoms with van der Waals surface area (Å²) in [4.78, 5) is 4.14. The molecule has 1 heterocycles. The van der Waals surface area contributed by atoms with Crippen molar-refractivity contribution < 1.29 is 0 Å². The summed E-state index contributed by atoms with van der Waals surface area (Å²) in [6.07, 6.45) is 3.63. The third-order valence-electron chi connectivity index (χ3n) is 2.58. The Kier molecular flexibility index (Phi) is 4.15. The Morgan fingerprint density at radius 2 is 2.12 bits per heavy atom. The van der Waals surface area contributed by atoms with Crippen molar-refractivity contribution in [3.63, 3.8) is 0 Å². The Morgan fingerprint density at radius 3 is 2.71 bits per heavy atom. The van der Waals surface area contributed by atoms with Gasteiger partial charge in [-0.2, -0.15) is 0 Å². The molecule has 1 N–H and O–H groups in total. The summed E-state index contributed by atoms with van der Waals surface area (Å²) in [7, 11) is 1.92. The highest BCUT2D eigenvalue weighted by Crippen LogP contribution is 2.28. The van der Waals surface area contributed by atoms with Crippen molar-refractivity contribution in [1.29, 1.82) is 0 Å². The van der Waals surface area contributed by atoms with Crippen molar-refractivity contribution in [2.24, 2.45) is 0 Å². The van der Waals surface area contributed by atoms with E-state index in [1.807, 2.05) is 43.6 Å². The number of benzene rings is 1. The smallest absolute Gasteiger partial charge is 0.0590 e. The van der Waals surface area contributed by atoms with Crippen molar-refractivity contribution in [1.82, 2.24) is 10.3 Å². The molecule has 0 radical (unpaired) electrons. The van der Waals surface area contributed by atoms with E-state index in [9.17, 15) is 0 Å². The van der Waals surface area contributed by atoms with Crippen LogP contribution >= 0.6 is 27.5 Å². The molecule has 0 bridgehead atoms.